The van der Waals surface area contributed by atoms with Gasteiger partial charge in [-0.15, -0.1) is 0 Å². The highest BCUT2D eigenvalue weighted by Gasteiger charge is 2.34. The van der Waals surface area contributed by atoms with Crippen molar-refractivity contribution in [2.45, 2.75) is 20.0 Å². The summed E-state index contributed by atoms with van der Waals surface area (Å²) < 4.78 is 0. The van der Waals surface area contributed by atoms with E-state index in [1.807, 2.05) is 17.0 Å². The molecule has 1 fully saturated rings. The molecule has 3 heteroatoms. The number of nitrogens with one attached hydrogen (secondary N) is 1. The van der Waals surface area contributed by atoms with Crippen molar-refractivity contribution in [1.29, 1.82) is 0 Å². The van der Waals surface area contributed by atoms with Crippen LogP contribution in [0.15, 0.2) is 24.3 Å². The molecule has 90 valence electrons. The number of hydrogen-bond acceptors (Lipinski definition) is 2. The van der Waals surface area contributed by atoms with E-state index in [0.29, 0.717) is 11.8 Å². The number of nitrogens with zero attached hydrogens (tertiary/aromatic N) is 1. The van der Waals surface area contributed by atoms with Crippen molar-refractivity contribution in [2.75, 3.05) is 13.1 Å². The monoisotopic (exact) mass is 230 g/mol. The lowest BCUT2D eigenvalue weighted by Gasteiger charge is -2.22. The largest absolute Gasteiger partial charge is 0.334 e. The van der Waals surface area contributed by atoms with E-state index in [1.54, 1.807) is 0 Å². The fourth-order valence-corrected chi connectivity index (χ4v) is 2.86. The van der Waals surface area contributed by atoms with Crippen LogP contribution in [0.25, 0.3) is 0 Å². The quantitative estimate of drug-likeness (QED) is 0.790. The normalized spacial score (nSPS) is 27.2. The van der Waals surface area contributed by atoms with Gasteiger partial charge in [0.25, 0.3) is 0 Å². The van der Waals surface area contributed by atoms with Crippen molar-refractivity contribution < 1.29 is 4.79 Å². The molecule has 3 nitrogen and oxygen atoms in total. The summed E-state index contributed by atoms with van der Waals surface area (Å²) in [4.78, 5) is 14.4. The van der Waals surface area contributed by atoms with Gasteiger partial charge in [-0.1, -0.05) is 31.2 Å². The van der Waals surface area contributed by atoms with E-state index in [-0.39, 0.29) is 5.92 Å². The molecule has 1 saturated heterocycles. The van der Waals surface area contributed by atoms with Crippen molar-refractivity contribution in [3.05, 3.63) is 35.4 Å². The van der Waals surface area contributed by atoms with Crippen LogP contribution in [-0.4, -0.2) is 23.9 Å². The van der Waals surface area contributed by atoms with Crippen LogP contribution in [0.3, 0.4) is 0 Å². The summed E-state index contributed by atoms with van der Waals surface area (Å²) in [6.07, 6.45) is 0. The van der Waals surface area contributed by atoms with E-state index in [0.717, 1.165) is 26.2 Å². The van der Waals surface area contributed by atoms with Crippen molar-refractivity contribution in [3.8, 4) is 0 Å². The van der Waals surface area contributed by atoms with Gasteiger partial charge in [-0.25, -0.2) is 0 Å². The maximum Gasteiger partial charge on any atom is 0.227 e. The minimum atomic E-state index is 0.171. The maximum atomic E-state index is 12.4. The summed E-state index contributed by atoms with van der Waals surface area (Å²) in [5.74, 6) is 0.953. The van der Waals surface area contributed by atoms with Crippen LogP contribution in [0.1, 0.15) is 18.1 Å². The highest BCUT2D eigenvalue weighted by Crippen LogP contribution is 2.26. The number of hydrogen-bond donors (Lipinski definition) is 1. The average molecular weight is 230 g/mol. The van der Waals surface area contributed by atoms with Crippen LogP contribution in [-0.2, 0) is 17.9 Å². The SMILES string of the molecule is CC1CNCC1C(=O)N1Cc2ccccc2C1. The molecular formula is C14H18N2O. The average Bonchev–Trinajstić information content (AvgIpc) is 2.93. The molecule has 1 aromatic rings. The van der Waals surface area contributed by atoms with Crippen molar-refractivity contribution in [2.24, 2.45) is 11.8 Å². The number of carbonyl (C=O) groups is 1. The van der Waals surface area contributed by atoms with Gasteiger partial charge in [-0.05, 0) is 23.6 Å². The van der Waals surface area contributed by atoms with Crippen LogP contribution in [0.4, 0.5) is 0 Å². The third-order valence-electron chi connectivity index (χ3n) is 3.99. The van der Waals surface area contributed by atoms with Gasteiger partial charge in [0.1, 0.15) is 0 Å². The summed E-state index contributed by atoms with van der Waals surface area (Å²) in [5, 5.41) is 3.30. The number of rotatable bonds is 1. The third kappa shape index (κ3) is 1.84. The third-order valence-corrected chi connectivity index (χ3v) is 3.99. The van der Waals surface area contributed by atoms with Gasteiger partial charge in [0.05, 0.1) is 5.92 Å². The Hall–Kier alpha value is -1.35. The summed E-state index contributed by atoms with van der Waals surface area (Å²) in [6.45, 7) is 5.55. The van der Waals surface area contributed by atoms with Crippen LogP contribution in [0.2, 0.25) is 0 Å². The van der Waals surface area contributed by atoms with Gasteiger partial charge in [0.2, 0.25) is 5.91 Å². The van der Waals surface area contributed by atoms with E-state index in [9.17, 15) is 4.79 Å². The molecule has 0 bridgehead atoms. The minimum absolute atomic E-state index is 0.171. The molecule has 2 aliphatic rings. The molecule has 17 heavy (non-hydrogen) atoms. The zero-order chi connectivity index (χ0) is 11.8. The van der Waals surface area contributed by atoms with E-state index in [1.165, 1.54) is 11.1 Å². The molecule has 2 aliphatic heterocycles. The lowest BCUT2D eigenvalue weighted by Crippen LogP contribution is -2.35. The van der Waals surface area contributed by atoms with E-state index in [4.69, 9.17) is 0 Å². The van der Waals surface area contributed by atoms with Gasteiger partial charge in [-0.2, -0.15) is 0 Å². The Morgan fingerprint density at radius 3 is 2.41 bits per heavy atom. The predicted molar refractivity (Wildman–Crippen MR) is 66.2 cm³/mol. The predicted octanol–water partition coefficient (Wildman–Crippen LogP) is 1.38. The fourth-order valence-electron chi connectivity index (χ4n) is 2.86. The molecule has 2 unspecified atom stereocenters. The molecule has 2 atom stereocenters. The number of amides is 1. The minimum Gasteiger partial charge on any atom is -0.334 e. The lowest BCUT2D eigenvalue weighted by molar-refractivity contribution is -0.136. The van der Waals surface area contributed by atoms with E-state index < -0.39 is 0 Å². The Morgan fingerprint density at radius 2 is 1.88 bits per heavy atom. The topological polar surface area (TPSA) is 32.3 Å². The van der Waals surface area contributed by atoms with Crippen LogP contribution >= 0.6 is 0 Å². The smallest absolute Gasteiger partial charge is 0.227 e. The van der Waals surface area contributed by atoms with Gasteiger partial charge >= 0.3 is 0 Å². The highest BCUT2D eigenvalue weighted by molar-refractivity contribution is 5.80. The van der Waals surface area contributed by atoms with Crippen molar-refractivity contribution in [3.63, 3.8) is 0 Å². The summed E-state index contributed by atoms with van der Waals surface area (Å²) >= 11 is 0. The second-order valence-electron chi connectivity index (χ2n) is 5.21. The summed E-state index contributed by atoms with van der Waals surface area (Å²) in [7, 11) is 0. The standard InChI is InChI=1S/C14H18N2O/c1-10-6-15-7-13(10)14(17)16-8-11-4-2-3-5-12(11)9-16/h2-5,10,13,15H,6-9H2,1H3. The summed E-state index contributed by atoms with van der Waals surface area (Å²) in [6, 6.07) is 8.34. The van der Waals surface area contributed by atoms with Crippen molar-refractivity contribution >= 4 is 5.91 Å². The van der Waals surface area contributed by atoms with Gasteiger partial charge in [0, 0.05) is 19.6 Å². The van der Waals surface area contributed by atoms with Crippen molar-refractivity contribution in [1.82, 2.24) is 10.2 Å². The zero-order valence-electron chi connectivity index (χ0n) is 10.1. The molecule has 1 amide bonds. The first-order valence-corrected chi connectivity index (χ1v) is 6.32. The molecule has 1 N–H and O–H groups in total. The number of carbonyl (C=O) groups excluding carboxylic acids is 1. The van der Waals surface area contributed by atoms with Gasteiger partial charge in [-0.3, -0.25) is 4.79 Å². The molecule has 3 rings (SSSR count). The molecule has 0 aromatic heterocycles. The van der Waals surface area contributed by atoms with Gasteiger partial charge < -0.3 is 10.2 Å². The number of fused-ring (bicyclic) bond motifs is 1. The molecule has 0 saturated carbocycles. The first kappa shape index (κ1) is 10.8. The molecule has 2 heterocycles. The molecule has 1 aromatic carbocycles. The Morgan fingerprint density at radius 1 is 1.24 bits per heavy atom. The molecule has 0 spiro atoms. The van der Waals surface area contributed by atoms with Gasteiger partial charge in [0.15, 0.2) is 0 Å². The van der Waals surface area contributed by atoms with Crippen LogP contribution in [0.5, 0.6) is 0 Å². The van der Waals surface area contributed by atoms with Crippen LogP contribution in [0, 0.1) is 11.8 Å². The maximum absolute atomic E-state index is 12.4. The van der Waals surface area contributed by atoms with E-state index in [2.05, 4.69) is 24.4 Å². The summed E-state index contributed by atoms with van der Waals surface area (Å²) in [5.41, 5.74) is 2.61. The van der Waals surface area contributed by atoms with E-state index >= 15 is 0 Å². The molecule has 0 radical (unpaired) electrons. The zero-order valence-corrected chi connectivity index (χ0v) is 10.1. The Bertz CT molecular complexity index is 419. The second-order valence-corrected chi connectivity index (χ2v) is 5.21. The highest BCUT2D eigenvalue weighted by atomic mass is 16.2. The Kier molecular flexibility index (Phi) is 2.63. The lowest BCUT2D eigenvalue weighted by atomic mass is 9.97. The first-order valence-electron chi connectivity index (χ1n) is 6.32. The van der Waals surface area contributed by atoms with Crippen LogP contribution < -0.4 is 5.32 Å². The molecule has 0 aliphatic carbocycles. The fraction of sp³-hybridized carbons (Fsp3) is 0.500. The Balaban J connectivity index is 1.74. The number of benzene rings is 1. The molecular weight excluding hydrogens is 212 g/mol. The first-order chi connectivity index (χ1) is 8.25. The Labute approximate surface area is 102 Å². The second kappa shape index (κ2) is 4.15.